The first kappa shape index (κ1) is 28.8. The molecule has 4 rings (SSSR count). The van der Waals surface area contributed by atoms with Crippen LogP contribution in [0.15, 0.2) is 43.0 Å². The summed E-state index contributed by atoms with van der Waals surface area (Å²) in [7, 11) is -2.59. The molecule has 3 heterocycles. The third kappa shape index (κ3) is 6.20. The van der Waals surface area contributed by atoms with Gasteiger partial charge in [0.15, 0.2) is 23.4 Å². The fraction of sp³-hybridized carbons (Fsp3) is 0.500. The van der Waals surface area contributed by atoms with E-state index in [9.17, 15) is 14.5 Å². The number of aliphatic hydroxyl groups is 1. The summed E-state index contributed by atoms with van der Waals surface area (Å²) in [6.07, 6.45) is -2.05. The second kappa shape index (κ2) is 11.5. The number of aliphatic hydroxyl groups excluding tert-OH is 1. The molecule has 212 valence electrons. The van der Waals surface area contributed by atoms with Crippen molar-refractivity contribution in [1.29, 1.82) is 0 Å². The van der Waals surface area contributed by atoms with Gasteiger partial charge in [-0.2, -0.15) is 5.09 Å². The van der Waals surface area contributed by atoms with E-state index in [-0.39, 0.29) is 11.4 Å². The van der Waals surface area contributed by atoms with Crippen LogP contribution in [0, 0.1) is 0 Å². The number of nitrogens with zero attached hydrogens (tertiary/aromatic N) is 4. The molecular weight excluding hydrogens is 534 g/mol. The van der Waals surface area contributed by atoms with Crippen molar-refractivity contribution in [2.24, 2.45) is 0 Å². The van der Waals surface area contributed by atoms with Crippen LogP contribution in [0.1, 0.15) is 33.9 Å². The summed E-state index contributed by atoms with van der Waals surface area (Å²) in [6, 6.07) is 7.10. The van der Waals surface area contributed by atoms with E-state index in [4.69, 9.17) is 18.5 Å². The Hall–Kier alpha value is -3.16. The van der Waals surface area contributed by atoms with Crippen LogP contribution in [-0.4, -0.2) is 74.3 Å². The fourth-order valence-corrected chi connectivity index (χ4v) is 5.57. The standard InChI is InChI=1S/C24H32FN6O7P/c1-14(2)36-22(33)15(3)30-39(34,38-16-9-7-6-8-10-16)35-11-17-19(32)24(4,25)23(37-17)31-13-29-18-20(26-5)27-12-28-21(18)31/h6-10,12-15,17,19,23,32H,11H2,1-5H3,(H,30,34)(H,26,27,28)/t15-,17-,19-,23-,24-,39-/m1/s1. The van der Waals surface area contributed by atoms with Crippen LogP contribution in [0.5, 0.6) is 5.75 Å². The number of hydrogen-bond donors (Lipinski definition) is 3. The highest BCUT2D eigenvalue weighted by atomic mass is 31.2. The number of nitrogens with one attached hydrogen (secondary N) is 2. The van der Waals surface area contributed by atoms with Gasteiger partial charge in [-0.25, -0.2) is 23.9 Å². The van der Waals surface area contributed by atoms with Crippen molar-refractivity contribution in [3.63, 3.8) is 0 Å². The number of hydrogen-bond acceptors (Lipinski definition) is 11. The number of carbonyl (C=O) groups is 1. The van der Waals surface area contributed by atoms with E-state index >= 15 is 4.39 Å². The van der Waals surface area contributed by atoms with E-state index in [0.717, 1.165) is 0 Å². The third-order valence-corrected chi connectivity index (χ3v) is 7.64. The Balaban J connectivity index is 1.54. The van der Waals surface area contributed by atoms with Gasteiger partial charge in [0.2, 0.25) is 0 Å². The largest absolute Gasteiger partial charge is 0.462 e. The summed E-state index contributed by atoms with van der Waals surface area (Å²) in [6.45, 7) is 5.44. The van der Waals surface area contributed by atoms with Gasteiger partial charge in [-0.1, -0.05) is 18.2 Å². The number of esters is 1. The van der Waals surface area contributed by atoms with Gasteiger partial charge < -0.3 is 24.4 Å². The number of ether oxygens (including phenoxy) is 2. The van der Waals surface area contributed by atoms with Gasteiger partial charge >= 0.3 is 13.7 Å². The Bertz CT molecular complexity index is 1340. The maximum atomic E-state index is 15.9. The van der Waals surface area contributed by atoms with Crippen LogP contribution in [-0.2, 0) is 23.4 Å². The van der Waals surface area contributed by atoms with Crippen LogP contribution >= 0.6 is 7.75 Å². The van der Waals surface area contributed by atoms with Gasteiger partial charge in [-0.3, -0.25) is 13.9 Å². The van der Waals surface area contributed by atoms with Gasteiger partial charge in [0.1, 0.15) is 35.8 Å². The maximum Gasteiger partial charge on any atom is 0.459 e. The summed E-state index contributed by atoms with van der Waals surface area (Å²) < 4.78 is 53.2. The molecule has 0 radical (unpaired) electrons. The van der Waals surface area contributed by atoms with Crippen LogP contribution < -0.4 is 14.9 Å². The molecule has 3 aromatic rings. The molecule has 0 saturated carbocycles. The molecule has 0 spiro atoms. The number of para-hydroxylation sites is 1. The number of benzene rings is 1. The Kier molecular flexibility index (Phi) is 8.52. The van der Waals surface area contributed by atoms with Gasteiger partial charge in [-0.05, 0) is 39.8 Å². The van der Waals surface area contributed by atoms with E-state index in [1.54, 1.807) is 51.2 Å². The number of imidazole rings is 1. The number of halogens is 1. The number of fused-ring (bicyclic) bond motifs is 1. The van der Waals surface area contributed by atoms with E-state index in [1.807, 2.05) is 0 Å². The zero-order valence-electron chi connectivity index (χ0n) is 22.1. The van der Waals surface area contributed by atoms with Crippen molar-refractivity contribution >= 4 is 30.7 Å². The molecule has 1 fully saturated rings. The average Bonchev–Trinajstić information content (AvgIpc) is 3.41. The summed E-state index contributed by atoms with van der Waals surface area (Å²) in [4.78, 5) is 24.9. The smallest absolute Gasteiger partial charge is 0.459 e. The summed E-state index contributed by atoms with van der Waals surface area (Å²) in [5, 5.41) is 16.3. The molecule has 13 nitrogen and oxygen atoms in total. The lowest BCUT2D eigenvalue weighted by molar-refractivity contribution is -0.149. The van der Waals surface area contributed by atoms with Crippen LogP contribution in [0.4, 0.5) is 10.2 Å². The van der Waals surface area contributed by atoms with Crippen molar-refractivity contribution in [2.75, 3.05) is 19.0 Å². The highest BCUT2D eigenvalue weighted by molar-refractivity contribution is 7.52. The average molecular weight is 567 g/mol. The number of carbonyl (C=O) groups excluding carboxylic acids is 1. The van der Waals surface area contributed by atoms with Gasteiger partial charge in [0.25, 0.3) is 0 Å². The van der Waals surface area contributed by atoms with Crippen LogP contribution in [0.25, 0.3) is 11.2 Å². The first-order valence-electron chi connectivity index (χ1n) is 12.3. The SMILES string of the molecule is CNc1ncnc2c1ncn2[C@@H]1O[C@H](CO[P@](=O)(N[C@H](C)C(=O)OC(C)C)Oc2ccccc2)[C@@H](O)[C@@]1(C)F. The molecular formula is C24H32FN6O7P. The Morgan fingerprint density at radius 2 is 1.97 bits per heavy atom. The molecule has 3 N–H and O–H groups in total. The number of anilines is 1. The van der Waals surface area contributed by atoms with Crippen LogP contribution in [0.3, 0.4) is 0 Å². The second-order valence-corrected chi connectivity index (χ2v) is 11.1. The minimum absolute atomic E-state index is 0.198. The lowest BCUT2D eigenvalue weighted by Gasteiger charge is -2.25. The monoisotopic (exact) mass is 566 g/mol. The normalized spacial score (nSPS) is 25.4. The molecule has 2 aromatic heterocycles. The molecule has 1 aliphatic rings. The van der Waals surface area contributed by atoms with Crippen molar-refractivity contribution in [2.45, 2.75) is 63.9 Å². The first-order valence-corrected chi connectivity index (χ1v) is 13.8. The molecule has 1 saturated heterocycles. The molecule has 0 aliphatic carbocycles. The molecule has 0 bridgehead atoms. The number of rotatable bonds is 11. The zero-order chi connectivity index (χ0) is 28.4. The highest BCUT2D eigenvalue weighted by Crippen LogP contribution is 2.48. The minimum Gasteiger partial charge on any atom is -0.462 e. The van der Waals surface area contributed by atoms with E-state index in [0.29, 0.717) is 11.3 Å². The molecule has 39 heavy (non-hydrogen) atoms. The summed E-state index contributed by atoms with van der Waals surface area (Å²) in [5.74, 6) is -0.0364. The Morgan fingerprint density at radius 3 is 2.64 bits per heavy atom. The van der Waals surface area contributed by atoms with Gasteiger partial charge in [0, 0.05) is 7.05 Å². The van der Waals surface area contributed by atoms with E-state index < -0.39 is 56.6 Å². The number of alkyl halides is 1. The predicted molar refractivity (Wildman–Crippen MR) is 139 cm³/mol. The number of aromatic nitrogens is 4. The van der Waals surface area contributed by atoms with Crippen molar-refractivity contribution in [1.82, 2.24) is 24.6 Å². The first-order chi connectivity index (χ1) is 18.4. The molecule has 0 amide bonds. The van der Waals surface area contributed by atoms with Crippen LogP contribution in [0.2, 0.25) is 0 Å². The Labute approximate surface area is 224 Å². The van der Waals surface area contributed by atoms with E-state index in [2.05, 4.69) is 25.4 Å². The summed E-state index contributed by atoms with van der Waals surface area (Å²) >= 11 is 0. The van der Waals surface area contributed by atoms with Gasteiger partial charge in [0.05, 0.1) is 19.0 Å². The molecule has 6 atom stereocenters. The predicted octanol–water partition coefficient (Wildman–Crippen LogP) is 2.99. The molecule has 15 heteroatoms. The molecule has 1 aromatic carbocycles. The highest BCUT2D eigenvalue weighted by Gasteiger charge is 2.56. The second-order valence-electron chi connectivity index (χ2n) is 9.45. The lowest BCUT2D eigenvalue weighted by atomic mass is 9.98. The van der Waals surface area contributed by atoms with Gasteiger partial charge in [-0.15, -0.1) is 0 Å². The molecule has 0 unspecified atom stereocenters. The lowest BCUT2D eigenvalue weighted by Crippen LogP contribution is -2.41. The minimum atomic E-state index is -4.26. The molecule has 1 aliphatic heterocycles. The van der Waals surface area contributed by atoms with E-state index in [1.165, 1.54) is 31.1 Å². The topological polar surface area (TPSA) is 159 Å². The van der Waals surface area contributed by atoms with Crippen molar-refractivity contribution < 1.29 is 37.4 Å². The maximum absolute atomic E-state index is 15.9. The fourth-order valence-electron chi connectivity index (χ4n) is 4.06. The van der Waals surface area contributed by atoms with Crippen molar-refractivity contribution in [3.8, 4) is 5.75 Å². The Morgan fingerprint density at radius 1 is 1.26 bits per heavy atom. The zero-order valence-corrected chi connectivity index (χ0v) is 23.0. The van der Waals surface area contributed by atoms with Crippen molar-refractivity contribution in [3.05, 3.63) is 43.0 Å². The summed E-state index contributed by atoms with van der Waals surface area (Å²) in [5.41, 5.74) is -1.63. The quantitative estimate of drug-likeness (QED) is 0.230. The third-order valence-electron chi connectivity index (χ3n) is 6.00.